The number of amides is 2. The molecule has 2 aliphatic rings. The second-order valence-corrected chi connectivity index (χ2v) is 9.94. The summed E-state index contributed by atoms with van der Waals surface area (Å²) in [7, 11) is 0. The number of anilines is 1. The molecule has 2 fully saturated rings. The molecule has 1 aliphatic carbocycles. The van der Waals surface area contributed by atoms with E-state index in [2.05, 4.69) is 22.2 Å². The van der Waals surface area contributed by atoms with Gasteiger partial charge in [-0.1, -0.05) is 12.6 Å². The van der Waals surface area contributed by atoms with Crippen molar-refractivity contribution in [2.24, 2.45) is 16.6 Å². The van der Waals surface area contributed by atoms with E-state index in [0.29, 0.717) is 49.6 Å². The number of piperidine rings is 1. The Kier molecular flexibility index (Phi) is 8.85. The van der Waals surface area contributed by atoms with E-state index in [1.165, 1.54) is 19.2 Å². The summed E-state index contributed by atoms with van der Waals surface area (Å²) in [6.07, 6.45) is 2.60. The van der Waals surface area contributed by atoms with Crippen molar-refractivity contribution >= 4 is 29.5 Å². The SMILES string of the molecule is C=C(C)/N=C\C(C(=O)NC1(C(=O)NCC2CCN(c3cccc(F)c3C(=O)C(C)O)CC2)CC1)=C(\C)N. The number of aliphatic hydroxyl groups excluding tert-OH is 1. The number of allylic oxidation sites excluding steroid dienone is 2. The summed E-state index contributed by atoms with van der Waals surface area (Å²) >= 11 is 0. The highest BCUT2D eigenvalue weighted by Crippen LogP contribution is 2.36. The van der Waals surface area contributed by atoms with E-state index in [1.807, 2.05) is 4.90 Å². The van der Waals surface area contributed by atoms with Crippen molar-refractivity contribution in [3.05, 3.63) is 53.1 Å². The third-order valence-electron chi connectivity index (χ3n) is 6.74. The number of carbonyl (C=O) groups excluding carboxylic acids is 3. The first kappa shape index (κ1) is 28.0. The molecule has 1 unspecified atom stereocenters. The third-order valence-corrected chi connectivity index (χ3v) is 6.74. The van der Waals surface area contributed by atoms with Crippen LogP contribution in [-0.4, -0.2) is 60.2 Å². The van der Waals surface area contributed by atoms with Crippen LogP contribution in [0.25, 0.3) is 0 Å². The van der Waals surface area contributed by atoms with Crippen molar-refractivity contribution in [1.82, 2.24) is 10.6 Å². The fraction of sp³-hybridized carbons (Fsp3) is 0.481. The molecule has 0 spiro atoms. The highest BCUT2D eigenvalue weighted by molar-refractivity contribution is 6.14. The fourth-order valence-corrected chi connectivity index (χ4v) is 4.35. The molecule has 1 aromatic rings. The lowest BCUT2D eigenvalue weighted by molar-refractivity contribution is -0.128. The lowest BCUT2D eigenvalue weighted by atomic mass is 9.94. The van der Waals surface area contributed by atoms with Crippen molar-refractivity contribution in [2.45, 2.75) is 58.1 Å². The maximum absolute atomic E-state index is 14.4. The van der Waals surface area contributed by atoms with Crippen LogP contribution in [0, 0.1) is 11.7 Å². The Bertz CT molecular complexity index is 1130. The zero-order chi connectivity index (χ0) is 27.3. The number of ketones is 1. The number of benzene rings is 1. The lowest BCUT2D eigenvalue weighted by Gasteiger charge is -2.35. The van der Waals surface area contributed by atoms with Crippen LogP contribution in [0.4, 0.5) is 10.1 Å². The number of aliphatic imine (C=N–C) groups is 1. The van der Waals surface area contributed by atoms with Crippen LogP contribution in [-0.2, 0) is 9.59 Å². The van der Waals surface area contributed by atoms with E-state index in [-0.39, 0.29) is 23.0 Å². The Balaban J connectivity index is 1.55. The molecular weight excluding hydrogens is 477 g/mol. The van der Waals surface area contributed by atoms with Gasteiger partial charge in [-0.05, 0) is 64.5 Å². The minimum atomic E-state index is -1.29. The number of hydrogen-bond acceptors (Lipinski definition) is 7. The molecule has 2 amide bonds. The molecule has 1 heterocycles. The van der Waals surface area contributed by atoms with Gasteiger partial charge in [-0.15, -0.1) is 0 Å². The van der Waals surface area contributed by atoms with Gasteiger partial charge in [-0.2, -0.15) is 0 Å². The van der Waals surface area contributed by atoms with Gasteiger partial charge in [0, 0.05) is 37.2 Å². The molecule has 1 saturated carbocycles. The predicted molar refractivity (Wildman–Crippen MR) is 141 cm³/mol. The van der Waals surface area contributed by atoms with Crippen molar-refractivity contribution in [1.29, 1.82) is 0 Å². The second-order valence-electron chi connectivity index (χ2n) is 9.94. The number of carbonyl (C=O) groups is 3. The van der Waals surface area contributed by atoms with E-state index in [9.17, 15) is 23.9 Å². The molecule has 1 aliphatic heterocycles. The van der Waals surface area contributed by atoms with Crippen molar-refractivity contribution in [3.8, 4) is 0 Å². The van der Waals surface area contributed by atoms with Crippen molar-refractivity contribution in [3.63, 3.8) is 0 Å². The molecular formula is C27H36FN5O4. The predicted octanol–water partition coefficient (Wildman–Crippen LogP) is 2.21. The van der Waals surface area contributed by atoms with Crippen LogP contribution in [0.5, 0.6) is 0 Å². The summed E-state index contributed by atoms with van der Waals surface area (Å²) in [5.41, 5.74) is 6.29. The maximum Gasteiger partial charge on any atom is 0.255 e. The minimum absolute atomic E-state index is 0.0925. The largest absolute Gasteiger partial charge is 0.402 e. The summed E-state index contributed by atoms with van der Waals surface area (Å²) in [6.45, 7) is 9.90. The Morgan fingerprint density at radius 3 is 2.49 bits per heavy atom. The fourth-order valence-electron chi connectivity index (χ4n) is 4.35. The van der Waals surface area contributed by atoms with Crippen LogP contribution >= 0.6 is 0 Å². The summed E-state index contributed by atoms with van der Waals surface area (Å²) in [4.78, 5) is 44.0. The molecule has 0 bridgehead atoms. The number of hydrogen-bond donors (Lipinski definition) is 4. The summed E-state index contributed by atoms with van der Waals surface area (Å²) < 4.78 is 14.4. The standard InChI is InChI=1S/C27H36FN5O4/c1-16(2)30-15-20(17(3)29)25(36)32-27(10-11-27)26(37)31-14-19-8-12-33(13-9-19)22-7-5-6-21(28)23(22)24(35)18(4)34/h5-7,15,18-19,34H,1,8-14,29H2,2-4H3,(H,31,37)(H,32,36)/b20-17+,30-15-. The molecule has 1 atom stereocenters. The molecule has 1 saturated heterocycles. The number of halogens is 1. The van der Waals surface area contributed by atoms with E-state index < -0.39 is 29.2 Å². The quantitative estimate of drug-likeness (QED) is 0.215. The molecule has 10 heteroatoms. The number of nitrogens with zero attached hydrogens (tertiary/aromatic N) is 2. The van der Waals surface area contributed by atoms with Crippen LogP contribution in [0.2, 0.25) is 0 Å². The average molecular weight is 514 g/mol. The molecule has 0 aromatic heterocycles. The molecule has 9 nitrogen and oxygen atoms in total. The summed E-state index contributed by atoms with van der Waals surface area (Å²) in [6, 6.07) is 4.46. The Morgan fingerprint density at radius 1 is 1.30 bits per heavy atom. The first-order chi connectivity index (χ1) is 17.4. The van der Waals surface area contributed by atoms with E-state index in [4.69, 9.17) is 5.73 Å². The normalized spacial score (nSPS) is 18.7. The van der Waals surface area contributed by atoms with Gasteiger partial charge in [-0.3, -0.25) is 19.4 Å². The van der Waals surface area contributed by atoms with Crippen LogP contribution < -0.4 is 21.3 Å². The topological polar surface area (TPSA) is 137 Å². The average Bonchev–Trinajstić information content (AvgIpc) is 3.62. The minimum Gasteiger partial charge on any atom is -0.402 e. The van der Waals surface area contributed by atoms with Gasteiger partial charge in [0.25, 0.3) is 5.91 Å². The monoisotopic (exact) mass is 513 g/mol. The number of rotatable bonds is 10. The van der Waals surface area contributed by atoms with Gasteiger partial charge in [0.2, 0.25) is 5.91 Å². The van der Waals surface area contributed by atoms with Gasteiger partial charge in [0.15, 0.2) is 5.78 Å². The third kappa shape index (κ3) is 6.82. The molecule has 0 radical (unpaired) electrons. The smallest absolute Gasteiger partial charge is 0.255 e. The van der Waals surface area contributed by atoms with Gasteiger partial charge < -0.3 is 26.4 Å². The second kappa shape index (κ2) is 11.7. The lowest BCUT2D eigenvalue weighted by Crippen LogP contribution is -2.51. The van der Waals surface area contributed by atoms with Crippen LogP contribution in [0.3, 0.4) is 0 Å². The van der Waals surface area contributed by atoms with Gasteiger partial charge in [-0.25, -0.2) is 4.39 Å². The Morgan fingerprint density at radius 2 is 1.95 bits per heavy atom. The first-order valence-electron chi connectivity index (χ1n) is 12.5. The van der Waals surface area contributed by atoms with Crippen LogP contribution in [0.1, 0.15) is 56.8 Å². The van der Waals surface area contributed by atoms with Crippen LogP contribution in [0.15, 0.2) is 46.7 Å². The number of nitrogens with two attached hydrogens (primary N) is 1. The van der Waals surface area contributed by atoms with Crippen molar-refractivity contribution < 1.29 is 23.9 Å². The summed E-state index contributed by atoms with van der Waals surface area (Å²) in [5.74, 6) is -1.79. The zero-order valence-electron chi connectivity index (χ0n) is 21.6. The maximum atomic E-state index is 14.4. The Hall–Kier alpha value is -3.53. The molecule has 1 aromatic carbocycles. The number of nitrogens with one attached hydrogen (secondary N) is 2. The van der Waals surface area contributed by atoms with Crippen molar-refractivity contribution in [2.75, 3.05) is 24.5 Å². The van der Waals surface area contributed by atoms with E-state index >= 15 is 0 Å². The van der Waals surface area contributed by atoms with Gasteiger partial charge in [0.05, 0.1) is 16.8 Å². The molecule has 37 heavy (non-hydrogen) atoms. The van der Waals surface area contributed by atoms with E-state index in [0.717, 1.165) is 12.8 Å². The molecule has 200 valence electrons. The number of aliphatic hydroxyl groups is 1. The molecule has 5 N–H and O–H groups in total. The summed E-state index contributed by atoms with van der Waals surface area (Å²) in [5, 5.41) is 15.5. The highest BCUT2D eigenvalue weighted by atomic mass is 19.1. The number of Topliss-reactive ketones (excluding diaryl/α,β-unsaturated/α-hetero) is 1. The Labute approximate surface area is 216 Å². The van der Waals surface area contributed by atoms with E-state index in [1.54, 1.807) is 26.0 Å². The molecule has 3 rings (SSSR count). The zero-order valence-corrected chi connectivity index (χ0v) is 21.6. The van der Waals surface area contributed by atoms with Gasteiger partial charge in [0.1, 0.15) is 17.5 Å². The van der Waals surface area contributed by atoms with Gasteiger partial charge >= 0.3 is 0 Å². The highest BCUT2D eigenvalue weighted by Gasteiger charge is 2.51. The first-order valence-corrected chi connectivity index (χ1v) is 12.5.